The number of anilines is 1. The topological polar surface area (TPSA) is 32.3 Å². The lowest BCUT2D eigenvalue weighted by molar-refractivity contribution is 0.412. The largest absolute Gasteiger partial charge is 0.355 e. The van der Waals surface area contributed by atoms with Gasteiger partial charge in [-0.05, 0) is 20.5 Å². The molecule has 18 heavy (non-hydrogen) atoms. The Kier molecular flexibility index (Phi) is 6.68. The van der Waals surface area contributed by atoms with Crippen LogP contribution in [0, 0.1) is 0 Å². The van der Waals surface area contributed by atoms with E-state index in [1.165, 1.54) is 6.33 Å². The zero-order valence-corrected chi connectivity index (χ0v) is 12.7. The zero-order valence-electron chi connectivity index (χ0n) is 11.2. The Morgan fingerprint density at radius 2 is 1.89 bits per heavy atom. The molecule has 4 nitrogen and oxygen atoms in total. The number of aromatic nitrogens is 2. The van der Waals surface area contributed by atoms with E-state index in [1.54, 1.807) is 0 Å². The minimum Gasteiger partial charge on any atom is -0.355 e. The highest BCUT2D eigenvalue weighted by molar-refractivity contribution is 6.31. The molecule has 102 valence electrons. The van der Waals surface area contributed by atoms with Crippen molar-refractivity contribution in [1.82, 2.24) is 14.9 Å². The Labute approximate surface area is 119 Å². The van der Waals surface area contributed by atoms with Gasteiger partial charge in [0, 0.05) is 25.2 Å². The molecule has 0 amide bonds. The molecule has 6 heteroatoms. The molecule has 0 saturated carbocycles. The fourth-order valence-corrected chi connectivity index (χ4v) is 2.19. The lowest BCUT2D eigenvalue weighted by Gasteiger charge is -2.26. The summed E-state index contributed by atoms with van der Waals surface area (Å²) in [4.78, 5) is 12.7. The molecular weight excluding hydrogens is 271 g/mol. The summed E-state index contributed by atoms with van der Waals surface area (Å²) in [5, 5.41) is 0.445. The van der Waals surface area contributed by atoms with Crippen molar-refractivity contribution in [3.05, 3.63) is 17.0 Å². The highest BCUT2D eigenvalue weighted by Gasteiger charge is 2.15. The number of hydrogen-bond donors (Lipinski definition) is 0. The molecule has 0 unspecified atom stereocenters. The minimum absolute atomic E-state index is 0.331. The van der Waals surface area contributed by atoms with Crippen molar-refractivity contribution in [2.45, 2.75) is 19.2 Å². The van der Waals surface area contributed by atoms with E-state index in [2.05, 4.69) is 40.8 Å². The van der Waals surface area contributed by atoms with Crippen LogP contribution in [-0.4, -0.2) is 48.6 Å². The van der Waals surface area contributed by atoms with Gasteiger partial charge in [-0.3, -0.25) is 0 Å². The number of rotatable bonds is 7. The van der Waals surface area contributed by atoms with E-state index < -0.39 is 0 Å². The van der Waals surface area contributed by atoms with Crippen molar-refractivity contribution in [2.24, 2.45) is 0 Å². The fraction of sp³-hybridized carbons (Fsp3) is 0.667. The van der Waals surface area contributed by atoms with Gasteiger partial charge in [0.1, 0.15) is 17.3 Å². The van der Waals surface area contributed by atoms with Crippen LogP contribution in [0.1, 0.15) is 18.9 Å². The predicted molar refractivity (Wildman–Crippen MR) is 77.7 cm³/mol. The number of likely N-dealkylation sites (N-methyl/N-ethyl adjacent to an activating group) is 1. The molecule has 1 rings (SSSR count). The molecule has 0 N–H and O–H groups in total. The van der Waals surface area contributed by atoms with Crippen molar-refractivity contribution in [3.8, 4) is 0 Å². The number of hydrogen-bond acceptors (Lipinski definition) is 4. The zero-order chi connectivity index (χ0) is 13.5. The van der Waals surface area contributed by atoms with Gasteiger partial charge in [0.25, 0.3) is 0 Å². The van der Waals surface area contributed by atoms with Gasteiger partial charge >= 0.3 is 0 Å². The summed E-state index contributed by atoms with van der Waals surface area (Å²) in [7, 11) is 4.11. The third kappa shape index (κ3) is 4.26. The van der Waals surface area contributed by atoms with Crippen molar-refractivity contribution >= 4 is 29.0 Å². The van der Waals surface area contributed by atoms with Crippen LogP contribution in [-0.2, 0) is 5.88 Å². The van der Waals surface area contributed by atoms with E-state index >= 15 is 0 Å². The van der Waals surface area contributed by atoms with Crippen molar-refractivity contribution in [3.63, 3.8) is 0 Å². The Morgan fingerprint density at radius 3 is 2.44 bits per heavy atom. The third-order valence-corrected chi connectivity index (χ3v) is 3.21. The van der Waals surface area contributed by atoms with Crippen molar-refractivity contribution in [1.29, 1.82) is 0 Å². The SMILES string of the molecule is CCCN(CCN(C)C)c1ncnc(Cl)c1CCl. The number of alkyl halides is 1. The van der Waals surface area contributed by atoms with Crippen LogP contribution in [0.5, 0.6) is 0 Å². The molecule has 0 fully saturated rings. The van der Waals surface area contributed by atoms with E-state index in [0.29, 0.717) is 11.0 Å². The van der Waals surface area contributed by atoms with Gasteiger partial charge in [0.2, 0.25) is 0 Å². The summed E-state index contributed by atoms with van der Waals surface area (Å²) in [6.45, 7) is 4.94. The molecular formula is C12H20Cl2N4. The number of nitrogens with zero attached hydrogens (tertiary/aromatic N) is 4. The molecule has 0 aliphatic rings. The summed E-state index contributed by atoms with van der Waals surface area (Å²) < 4.78 is 0. The van der Waals surface area contributed by atoms with Gasteiger partial charge in [0.15, 0.2) is 0 Å². The average molecular weight is 291 g/mol. The summed E-state index contributed by atoms with van der Waals surface area (Å²) in [5.74, 6) is 1.19. The molecule has 0 aliphatic heterocycles. The van der Waals surface area contributed by atoms with Crippen LogP contribution in [0.4, 0.5) is 5.82 Å². The molecule has 1 aromatic heterocycles. The molecule has 0 spiro atoms. The standard InChI is InChI=1S/C12H20Cl2N4/c1-4-5-18(7-6-17(2)3)12-10(8-13)11(14)15-9-16-12/h9H,4-8H2,1-3H3. The second-order valence-corrected chi connectivity index (χ2v) is 5.02. The van der Waals surface area contributed by atoms with E-state index in [4.69, 9.17) is 23.2 Å². The summed E-state index contributed by atoms with van der Waals surface area (Å²) >= 11 is 12.0. The highest BCUT2D eigenvalue weighted by atomic mass is 35.5. The van der Waals surface area contributed by atoms with Gasteiger partial charge in [-0.1, -0.05) is 18.5 Å². The van der Waals surface area contributed by atoms with E-state index in [9.17, 15) is 0 Å². The van der Waals surface area contributed by atoms with Gasteiger partial charge in [-0.25, -0.2) is 9.97 Å². The first kappa shape index (κ1) is 15.5. The lowest BCUT2D eigenvalue weighted by Crippen LogP contribution is -2.33. The first-order valence-corrected chi connectivity index (χ1v) is 6.96. The Morgan fingerprint density at radius 1 is 1.17 bits per heavy atom. The predicted octanol–water partition coefficient (Wildman–Crippen LogP) is 2.65. The van der Waals surface area contributed by atoms with Gasteiger partial charge in [0.05, 0.1) is 5.88 Å². The Bertz CT molecular complexity index is 371. The molecule has 0 aliphatic carbocycles. The van der Waals surface area contributed by atoms with Crippen LogP contribution < -0.4 is 4.90 Å². The van der Waals surface area contributed by atoms with Crippen molar-refractivity contribution in [2.75, 3.05) is 38.6 Å². The van der Waals surface area contributed by atoms with Crippen LogP contribution in [0.3, 0.4) is 0 Å². The minimum atomic E-state index is 0.331. The number of halogens is 2. The smallest absolute Gasteiger partial charge is 0.138 e. The summed E-state index contributed by atoms with van der Waals surface area (Å²) in [6, 6.07) is 0. The average Bonchev–Trinajstić information content (AvgIpc) is 2.34. The molecule has 1 heterocycles. The van der Waals surface area contributed by atoms with Crippen LogP contribution in [0.2, 0.25) is 5.15 Å². The van der Waals surface area contributed by atoms with Crippen molar-refractivity contribution < 1.29 is 0 Å². The maximum Gasteiger partial charge on any atom is 0.138 e. The maximum atomic E-state index is 6.06. The fourth-order valence-electron chi connectivity index (χ4n) is 1.68. The normalized spacial score (nSPS) is 11.0. The van der Waals surface area contributed by atoms with Crippen LogP contribution in [0.15, 0.2) is 6.33 Å². The van der Waals surface area contributed by atoms with Gasteiger partial charge in [-0.15, -0.1) is 11.6 Å². The second kappa shape index (κ2) is 7.77. The second-order valence-electron chi connectivity index (χ2n) is 4.39. The summed E-state index contributed by atoms with van der Waals surface area (Å²) in [6.07, 6.45) is 2.54. The first-order valence-electron chi connectivity index (χ1n) is 6.05. The first-order chi connectivity index (χ1) is 8.60. The maximum absolute atomic E-state index is 6.06. The third-order valence-electron chi connectivity index (χ3n) is 2.61. The molecule has 0 radical (unpaired) electrons. The van der Waals surface area contributed by atoms with Crippen LogP contribution >= 0.6 is 23.2 Å². The Hall–Kier alpha value is -0.580. The molecule has 1 aromatic rings. The molecule has 0 bridgehead atoms. The Balaban J connectivity index is 2.93. The van der Waals surface area contributed by atoms with Crippen LogP contribution in [0.25, 0.3) is 0 Å². The summed E-state index contributed by atoms with van der Waals surface area (Å²) in [5.41, 5.74) is 0.813. The van der Waals surface area contributed by atoms with Gasteiger partial charge < -0.3 is 9.80 Å². The van der Waals surface area contributed by atoms with E-state index in [0.717, 1.165) is 37.4 Å². The van der Waals surface area contributed by atoms with Gasteiger partial charge in [-0.2, -0.15) is 0 Å². The molecule has 0 aromatic carbocycles. The molecule has 0 saturated heterocycles. The van der Waals surface area contributed by atoms with E-state index in [-0.39, 0.29) is 0 Å². The quantitative estimate of drug-likeness (QED) is 0.571. The highest BCUT2D eigenvalue weighted by Crippen LogP contribution is 2.25. The van der Waals surface area contributed by atoms with E-state index in [1.807, 2.05) is 0 Å². The molecule has 0 atom stereocenters. The monoisotopic (exact) mass is 290 g/mol. The lowest BCUT2D eigenvalue weighted by atomic mass is 10.3.